The van der Waals surface area contributed by atoms with Gasteiger partial charge in [-0.05, 0) is 49.8 Å². The van der Waals surface area contributed by atoms with Gasteiger partial charge in [0.05, 0.1) is 28.5 Å². The molecule has 1 saturated heterocycles. The number of aromatic amines is 1. The van der Waals surface area contributed by atoms with E-state index < -0.39 is 6.29 Å². The Bertz CT molecular complexity index is 1260. The second-order valence-corrected chi connectivity index (χ2v) is 9.55. The number of H-pyrrole nitrogens is 1. The lowest BCUT2D eigenvalue weighted by Gasteiger charge is -2.24. The highest BCUT2D eigenvalue weighted by atomic mass is 32.1. The zero-order valence-corrected chi connectivity index (χ0v) is 17.8. The molecule has 4 heterocycles. The summed E-state index contributed by atoms with van der Waals surface area (Å²) in [5, 5.41) is 32.3. The van der Waals surface area contributed by atoms with E-state index in [1.54, 1.807) is 17.7 Å². The fourth-order valence-corrected chi connectivity index (χ4v) is 6.19. The van der Waals surface area contributed by atoms with Crippen molar-refractivity contribution in [3.05, 3.63) is 35.1 Å². The van der Waals surface area contributed by atoms with E-state index in [2.05, 4.69) is 42.5 Å². The largest absolute Gasteiger partial charge is 0.370 e. The highest BCUT2D eigenvalue weighted by Gasteiger charge is 2.28. The molecule has 8 nitrogen and oxygen atoms in total. The Kier molecular flexibility index (Phi) is 4.55. The first kappa shape index (κ1) is 19.0. The predicted octanol–water partition coefficient (Wildman–Crippen LogP) is 3.33. The molecular formula is C22H24N6O2S. The average Bonchev–Trinajstić information content (AvgIpc) is 3.51. The molecule has 0 amide bonds. The van der Waals surface area contributed by atoms with Crippen LogP contribution in [0.25, 0.3) is 21.1 Å². The van der Waals surface area contributed by atoms with Crippen LogP contribution >= 0.6 is 11.3 Å². The predicted molar refractivity (Wildman–Crippen MR) is 122 cm³/mol. The minimum absolute atomic E-state index is 0.116. The van der Waals surface area contributed by atoms with E-state index in [4.69, 9.17) is 0 Å². The molecule has 0 saturated carbocycles. The summed E-state index contributed by atoms with van der Waals surface area (Å²) in [6, 6.07) is 4.31. The second-order valence-electron chi connectivity index (χ2n) is 8.47. The third-order valence-corrected chi connectivity index (χ3v) is 7.72. The van der Waals surface area contributed by atoms with Gasteiger partial charge in [0.25, 0.3) is 0 Å². The summed E-state index contributed by atoms with van der Waals surface area (Å²) >= 11 is 1.64. The first-order valence-electron chi connectivity index (χ1n) is 10.8. The van der Waals surface area contributed by atoms with Crippen molar-refractivity contribution in [2.24, 2.45) is 5.92 Å². The van der Waals surface area contributed by atoms with E-state index in [9.17, 15) is 10.2 Å². The van der Waals surface area contributed by atoms with E-state index in [1.807, 2.05) is 6.20 Å². The molecule has 31 heavy (non-hydrogen) atoms. The molecule has 160 valence electrons. The minimum Gasteiger partial charge on any atom is -0.370 e. The Balaban J connectivity index is 1.44. The summed E-state index contributed by atoms with van der Waals surface area (Å²) in [5.74, 6) is 0.698. The molecule has 0 bridgehead atoms. The topological polar surface area (TPSA) is 110 Å². The number of aliphatic hydroxyl groups is 2. The number of fused-ring (bicyclic) bond motifs is 4. The van der Waals surface area contributed by atoms with Crippen molar-refractivity contribution in [1.29, 1.82) is 0 Å². The van der Waals surface area contributed by atoms with E-state index >= 15 is 0 Å². The van der Waals surface area contributed by atoms with Crippen molar-refractivity contribution in [2.45, 2.75) is 38.4 Å². The number of hydrogen-bond acceptors (Lipinski definition) is 8. The lowest BCUT2D eigenvalue weighted by Crippen LogP contribution is -2.25. The minimum atomic E-state index is -1.27. The SMILES string of the molecule is OC(O)C1CCc2c(sc3ncnc(Nc4cc5cn[nH]c5cc4N4CCCC4)c23)C1. The number of benzene rings is 1. The molecule has 1 unspecified atom stereocenters. The number of nitrogens with zero attached hydrogens (tertiary/aromatic N) is 4. The lowest BCUT2D eigenvalue weighted by molar-refractivity contribution is -0.0865. The van der Waals surface area contributed by atoms with Gasteiger partial charge in [-0.2, -0.15) is 5.10 Å². The highest BCUT2D eigenvalue weighted by molar-refractivity contribution is 7.19. The average molecular weight is 437 g/mol. The smallest absolute Gasteiger partial charge is 0.154 e. The Morgan fingerprint density at radius 2 is 2.06 bits per heavy atom. The maximum atomic E-state index is 9.64. The molecule has 1 atom stereocenters. The molecule has 2 aliphatic rings. The third kappa shape index (κ3) is 3.24. The second kappa shape index (κ2) is 7.44. The molecule has 0 spiro atoms. The van der Waals surface area contributed by atoms with Gasteiger partial charge in [0.2, 0.25) is 0 Å². The van der Waals surface area contributed by atoms with E-state index in [1.165, 1.54) is 23.3 Å². The Labute approximate surface area is 182 Å². The quantitative estimate of drug-likeness (QED) is 0.363. The molecule has 1 aliphatic carbocycles. The summed E-state index contributed by atoms with van der Waals surface area (Å²) in [7, 11) is 0. The normalized spacial score (nSPS) is 18.9. The van der Waals surface area contributed by atoms with Crippen molar-refractivity contribution in [3.8, 4) is 0 Å². The molecule has 0 radical (unpaired) electrons. The number of anilines is 3. The Morgan fingerprint density at radius 3 is 2.90 bits per heavy atom. The zero-order valence-electron chi connectivity index (χ0n) is 17.0. The van der Waals surface area contributed by atoms with Gasteiger partial charge in [0.1, 0.15) is 17.0 Å². The van der Waals surface area contributed by atoms with E-state index in [0.29, 0.717) is 6.42 Å². The summed E-state index contributed by atoms with van der Waals surface area (Å²) in [6.45, 7) is 2.10. The van der Waals surface area contributed by atoms with Gasteiger partial charge in [-0.15, -0.1) is 11.3 Å². The fraction of sp³-hybridized carbons (Fsp3) is 0.409. The Hall–Kier alpha value is -2.75. The summed E-state index contributed by atoms with van der Waals surface area (Å²) < 4.78 is 0. The van der Waals surface area contributed by atoms with Crippen LogP contribution in [0.1, 0.15) is 29.7 Å². The van der Waals surface area contributed by atoms with E-state index in [0.717, 1.165) is 64.2 Å². The van der Waals surface area contributed by atoms with Gasteiger partial charge in [0, 0.05) is 29.3 Å². The van der Waals surface area contributed by atoms with Crippen LogP contribution in [0.5, 0.6) is 0 Å². The number of rotatable bonds is 4. The maximum absolute atomic E-state index is 9.64. The van der Waals surface area contributed by atoms with Gasteiger partial charge in [-0.3, -0.25) is 5.10 Å². The van der Waals surface area contributed by atoms with Crippen LogP contribution in [0.2, 0.25) is 0 Å². The van der Waals surface area contributed by atoms with Crippen LogP contribution in [-0.4, -0.2) is 49.8 Å². The van der Waals surface area contributed by atoms with Crippen molar-refractivity contribution in [2.75, 3.05) is 23.3 Å². The van der Waals surface area contributed by atoms with Gasteiger partial charge >= 0.3 is 0 Å². The van der Waals surface area contributed by atoms with Crippen LogP contribution in [0.3, 0.4) is 0 Å². The molecule has 9 heteroatoms. The molecule has 1 aliphatic heterocycles. The highest BCUT2D eigenvalue weighted by Crippen LogP contribution is 2.42. The number of aliphatic hydroxyl groups excluding tert-OH is 1. The molecule has 4 aromatic rings. The Morgan fingerprint density at radius 1 is 1.19 bits per heavy atom. The zero-order chi connectivity index (χ0) is 20.9. The summed E-state index contributed by atoms with van der Waals surface area (Å²) in [5.41, 5.74) is 4.46. The number of aryl methyl sites for hydroxylation is 1. The number of hydrogen-bond donors (Lipinski definition) is 4. The van der Waals surface area contributed by atoms with Crippen LogP contribution in [0.15, 0.2) is 24.7 Å². The monoisotopic (exact) mass is 436 g/mol. The third-order valence-electron chi connectivity index (χ3n) is 6.56. The summed E-state index contributed by atoms with van der Waals surface area (Å²) in [4.78, 5) is 13.7. The van der Waals surface area contributed by atoms with Gasteiger partial charge in [-0.25, -0.2) is 9.97 Å². The molecule has 6 rings (SSSR count). The van der Waals surface area contributed by atoms with Crippen molar-refractivity contribution in [3.63, 3.8) is 0 Å². The van der Waals surface area contributed by atoms with Gasteiger partial charge < -0.3 is 20.4 Å². The molecule has 4 N–H and O–H groups in total. The van der Waals surface area contributed by atoms with Crippen molar-refractivity contribution >= 4 is 49.6 Å². The van der Waals surface area contributed by atoms with Gasteiger partial charge in [-0.1, -0.05) is 0 Å². The van der Waals surface area contributed by atoms with Crippen LogP contribution in [0.4, 0.5) is 17.2 Å². The standard InChI is InChI=1S/C22H24N6O2S/c29-22(30)12-3-4-14-18(8-12)31-21-19(14)20(23-11-24-21)26-16-7-13-10-25-27-15(13)9-17(16)28-5-1-2-6-28/h7,9-12,22,29-30H,1-6,8H2,(H,25,27)(H,23,24,26). The molecular weight excluding hydrogens is 412 g/mol. The molecule has 1 aromatic carbocycles. The van der Waals surface area contributed by atoms with E-state index in [-0.39, 0.29) is 5.92 Å². The van der Waals surface area contributed by atoms with Crippen molar-refractivity contribution in [1.82, 2.24) is 20.2 Å². The lowest BCUT2D eigenvalue weighted by atomic mass is 9.87. The molecule has 3 aromatic heterocycles. The first-order chi connectivity index (χ1) is 15.2. The number of nitrogens with one attached hydrogen (secondary N) is 2. The van der Waals surface area contributed by atoms with Crippen LogP contribution in [0, 0.1) is 5.92 Å². The van der Waals surface area contributed by atoms with Gasteiger partial charge in [0.15, 0.2) is 6.29 Å². The first-order valence-corrected chi connectivity index (χ1v) is 11.6. The fourth-order valence-electron chi connectivity index (χ4n) is 4.91. The van der Waals surface area contributed by atoms with Crippen LogP contribution in [-0.2, 0) is 12.8 Å². The van der Waals surface area contributed by atoms with Crippen molar-refractivity contribution < 1.29 is 10.2 Å². The number of aromatic nitrogens is 4. The summed E-state index contributed by atoms with van der Waals surface area (Å²) in [6.07, 6.45) is 6.82. The molecule has 1 fully saturated rings. The van der Waals surface area contributed by atoms with Crippen LogP contribution < -0.4 is 10.2 Å². The maximum Gasteiger partial charge on any atom is 0.154 e. The number of thiophene rings is 1.